The van der Waals surface area contributed by atoms with Gasteiger partial charge in [0.2, 0.25) is 0 Å². The first-order chi connectivity index (χ1) is 20.9. The number of aryl methyl sites for hydroxylation is 2. The summed E-state index contributed by atoms with van der Waals surface area (Å²) in [6, 6.07) is 32.9. The average Bonchev–Trinajstić information content (AvgIpc) is 3.59. The van der Waals surface area contributed by atoms with Crippen molar-refractivity contribution in [3.8, 4) is 11.1 Å². The maximum atomic E-state index is 2.61. The monoisotopic (exact) mass is 724 g/mol. The fourth-order valence-electron chi connectivity index (χ4n) is 7.70. The van der Waals surface area contributed by atoms with Gasteiger partial charge in [-0.15, -0.1) is 0 Å². The van der Waals surface area contributed by atoms with Crippen LogP contribution < -0.4 is 24.8 Å². The molecule has 0 nitrogen and oxygen atoms in total. The molecule has 0 bridgehead atoms. The van der Waals surface area contributed by atoms with Crippen LogP contribution >= 0.6 is 0 Å². The predicted octanol–water partition coefficient (Wildman–Crippen LogP) is 5.10. The molecule has 0 aromatic heterocycles. The zero-order valence-electron chi connectivity index (χ0n) is 28.8. The minimum Gasteiger partial charge on any atom is -1.00 e. The largest absolute Gasteiger partial charge is 1.00 e. The molecule has 3 heteroatoms. The van der Waals surface area contributed by atoms with Gasteiger partial charge in [0.15, 0.2) is 0 Å². The van der Waals surface area contributed by atoms with Crippen LogP contribution in [0.4, 0.5) is 0 Å². The minimum absolute atomic E-state index is 0. The van der Waals surface area contributed by atoms with Crippen molar-refractivity contribution in [2.24, 2.45) is 0 Å². The Balaban J connectivity index is 0.00000240. The Bertz CT molecular complexity index is 1680. The molecule has 0 amide bonds. The molecule has 0 fully saturated rings. The maximum Gasteiger partial charge on any atom is -1.00 e. The molecule has 0 unspecified atom stereocenters. The summed E-state index contributed by atoms with van der Waals surface area (Å²) in [5.41, 5.74) is 15.1. The number of halogens is 2. The third-order valence-corrected chi connectivity index (χ3v) is 17.9. The molecule has 0 spiro atoms. The van der Waals surface area contributed by atoms with E-state index >= 15 is 0 Å². The summed E-state index contributed by atoms with van der Waals surface area (Å²) < 4.78 is 4.03. The van der Waals surface area contributed by atoms with E-state index in [2.05, 4.69) is 159 Å². The van der Waals surface area contributed by atoms with Crippen molar-refractivity contribution in [3.63, 3.8) is 0 Å². The van der Waals surface area contributed by atoms with Crippen molar-refractivity contribution in [1.29, 1.82) is 0 Å². The fourth-order valence-corrected chi connectivity index (χ4v) is 16.9. The Morgan fingerprint density at radius 2 is 1.09 bits per heavy atom. The predicted molar refractivity (Wildman–Crippen MR) is 188 cm³/mol. The molecule has 4 aromatic carbocycles. The van der Waals surface area contributed by atoms with Crippen molar-refractivity contribution in [1.82, 2.24) is 0 Å². The standard InChI is InChI=1S/C23H29.C15H14.C5H5.2ClH.Zr/c1-14-9-16-11-17-10-15(2)21(23(6,7)8)13-19(17)18(16)12-20(14)22(3,4)5;1-3-8-14(9-4-1)12-7-13-15-10-5-2-6-11-15;1-2-4-5-3-1;;;/h9-13H,1-8H3;1-6,8-11H,12-13H2;1-3H,4H2;2*1H;/q;;;;;+2/p-2. The van der Waals surface area contributed by atoms with Crippen LogP contribution in [0.5, 0.6) is 0 Å². The van der Waals surface area contributed by atoms with Crippen LogP contribution in [-0.4, -0.2) is 3.21 Å². The second-order valence-corrected chi connectivity index (χ2v) is 21.9. The summed E-state index contributed by atoms with van der Waals surface area (Å²) in [7, 11) is 0. The number of benzene rings is 4. The van der Waals surface area contributed by atoms with Crippen LogP contribution in [-0.2, 0) is 44.9 Å². The Labute approximate surface area is 298 Å². The zero-order chi connectivity index (χ0) is 31.2. The van der Waals surface area contributed by atoms with Crippen LogP contribution in [0.2, 0.25) is 0 Å². The van der Waals surface area contributed by atoms with E-state index < -0.39 is 21.3 Å². The van der Waals surface area contributed by atoms with Crippen LogP contribution in [0.25, 0.3) is 11.1 Å². The zero-order valence-corrected chi connectivity index (χ0v) is 32.7. The van der Waals surface area contributed by atoms with Crippen molar-refractivity contribution >= 4 is 3.21 Å². The Morgan fingerprint density at radius 3 is 1.46 bits per heavy atom. The van der Waals surface area contributed by atoms with Gasteiger partial charge < -0.3 is 24.8 Å². The van der Waals surface area contributed by atoms with E-state index in [0.29, 0.717) is 3.63 Å². The van der Waals surface area contributed by atoms with E-state index in [0.717, 1.165) is 19.3 Å². The Hall–Kier alpha value is -2.31. The summed E-state index contributed by atoms with van der Waals surface area (Å²) in [5.74, 6) is 0. The molecule has 238 valence electrons. The van der Waals surface area contributed by atoms with E-state index in [-0.39, 0.29) is 35.6 Å². The molecule has 2 aliphatic carbocycles. The number of fused-ring (bicyclic) bond motifs is 3. The van der Waals surface area contributed by atoms with Gasteiger partial charge in [-0.2, -0.15) is 0 Å². The van der Waals surface area contributed by atoms with Crippen LogP contribution in [0, 0.1) is 13.8 Å². The Morgan fingerprint density at radius 1 is 0.652 bits per heavy atom. The van der Waals surface area contributed by atoms with E-state index in [1.807, 2.05) is 0 Å². The summed E-state index contributed by atoms with van der Waals surface area (Å²) in [6.45, 7) is 18.9. The smallest absolute Gasteiger partial charge is 1.00 e. The first-order valence-corrected chi connectivity index (χ1v) is 20.3. The molecule has 0 atom stereocenters. The molecule has 0 saturated heterocycles. The van der Waals surface area contributed by atoms with E-state index in [4.69, 9.17) is 0 Å². The molecule has 0 N–H and O–H groups in total. The van der Waals surface area contributed by atoms with Gasteiger partial charge in [0, 0.05) is 0 Å². The third-order valence-electron chi connectivity index (χ3n) is 9.63. The third kappa shape index (κ3) is 7.38. The second-order valence-electron chi connectivity index (χ2n) is 15.1. The first kappa shape index (κ1) is 36.5. The SMILES string of the molecule is Cc1cc2c(cc1C(C)(C)C)-c1cc(C(C)(C)C)c(C)cc1[CH]2[Zr+2]([C]1=CC=CC1)=[C](Cc1ccccc1)Cc1ccccc1.[Cl-].[Cl-]. The topological polar surface area (TPSA) is 0 Å². The molecule has 0 saturated carbocycles. The molecule has 0 radical (unpaired) electrons. The number of rotatable bonds is 6. The molecular weight excluding hydrogens is 679 g/mol. The molecule has 4 aromatic rings. The van der Waals surface area contributed by atoms with Crippen molar-refractivity contribution in [3.05, 3.63) is 151 Å². The van der Waals surface area contributed by atoms with Crippen molar-refractivity contribution in [2.45, 2.75) is 89.1 Å². The van der Waals surface area contributed by atoms with Gasteiger partial charge >= 0.3 is 276 Å². The summed E-state index contributed by atoms with van der Waals surface area (Å²) >= 11 is -2.55. The van der Waals surface area contributed by atoms with Gasteiger partial charge in [0.25, 0.3) is 0 Å². The molecule has 6 rings (SSSR count). The normalized spacial score (nSPS) is 13.6. The van der Waals surface area contributed by atoms with Gasteiger partial charge in [0.1, 0.15) is 0 Å². The van der Waals surface area contributed by atoms with Crippen LogP contribution in [0.15, 0.2) is 106 Å². The number of hydrogen-bond acceptors (Lipinski definition) is 0. The van der Waals surface area contributed by atoms with Gasteiger partial charge in [-0.3, -0.25) is 0 Å². The first-order valence-electron chi connectivity index (χ1n) is 16.4. The molecule has 0 aliphatic heterocycles. The summed E-state index contributed by atoms with van der Waals surface area (Å²) in [5, 5.41) is 0. The van der Waals surface area contributed by atoms with Gasteiger partial charge in [-0.1, -0.05) is 0 Å². The molecular formula is C43H48Cl2Zr. The van der Waals surface area contributed by atoms with Gasteiger partial charge in [-0.05, 0) is 0 Å². The quantitative estimate of drug-likeness (QED) is 0.260. The van der Waals surface area contributed by atoms with E-state index in [1.165, 1.54) is 44.5 Å². The number of hydrogen-bond donors (Lipinski definition) is 0. The summed E-state index contributed by atoms with van der Waals surface area (Å²) in [4.78, 5) is 0. The fraction of sp³-hybridized carbons (Fsp3) is 0.326. The van der Waals surface area contributed by atoms with E-state index in [9.17, 15) is 0 Å². The van der Waals surface area contributed by atoms with Gasteiger partial charge in [-0.25, -0.2) is 0 Å². The van der Waals surface area contributed by atoms with Crippen LogP contribution in [0.1, 0.15) is 96.1 Å². The minimum atomic E-state index is -2.55. The van der Waals surface area contributed by atoms with Crippen molar-refractivity contribution in [2.75, 3.05) is 0 Å². The van der Waals surface area contributed by atoms with Crippen molar-refractivity contribution < 1.29 is 46.1 Å². The summed E-state index contributed by atoms with van der Waals surface area (Å²) in [6.07, 6.45) is 10.5. The second kappa shape index (κ2) is 14.4. The molecule has 46 heavy (non-hydrogen) atoms. The van der Waals surface area contributed by atoms with E-state index in [1.54, 1.807) is 17.6 Å². The number of allylic oxidation sites excluding steroid dienone is 4. The molecule has 2 aliphatic rings. The molecule has 0 heterocycles. The van der Waals surface area contributed by atoms with Gasteiger partial charge in [0.05, 0.1) is 0 Å². The van der Waals surface area contributed by atoms with Crippen LogP contribution in [0.3, 0.4) is 0 Å². The average molecular weight is 727 g/mol. The Kier molecular flexibility index (Phi) is 11.5. The maximum absolute atomic E-state index is 2.61.